The van der Waals surface area contributed by atoms with Crippen molar-refractivity contribution in [1.29, 1.82) is 0 Å². The second kappa shape index (κ2) is 6.19. The van der Waals surface area contributed by atoms with Crippen LogP contribution in [0.2, 0.25) is 0 Å². The topological polar surface area (TPSA) is 43.4 Å². The number of allylic oxidation sites excluding steroid dienone is 1. The van der Waals surface area contributed by atoms with E-state index in [-0.39, 0.29) is 22.4 Å². The largest absolute Gasteiger partial charge is 0.458 e. The second-order valence-corrected chi connectivity index (χ2v) is 11.1. The Hall–Kier alpha value is -1.12. The highest BCUT2D eigenvalue weighted by molar-refractivity contribution is 5.91. The molecule has 1 saturated heterocycles. The molecule has 154 valence electrons. The van der Waals surface area contributed by atoms with Crippen LogP contribution in [0.1, 0.15) is 91.4 Å². The molecule has 7 atom stereocenters. The molecule has 5 aliphatic rings. The van der Waals surface area contributed by atoms with Gasteiger partial charge in [-0.05, 0) is 80.1 Å². The van der Waals surface area contributed by atoms with E-state index in [1.54, 1.807) is 0 Å². The Bertz CT molecular complexity index is 738. The molecule has 1 aliphatic heterocycles. The van der Waals surface area contributed by atoms with Crippen molar-refractivity contribution in [1.82, 2.24) is 0 Å². The number of ketones is 1. The van der Waals surface area contributed by atoms with Crippen molar-refractivity contribution in [3.05, 3.63) is 11.6 Å². The van der Waals surface area contributed by atoms with E-state index in [1.807, 2.05) is 6.08 Å². The molecule has 28 heavy (non-hydrogen) atoms. The summed E-state index contributed by atoms with van der Waals surface area (Å²) in [7, 11) is 0. The van der Waals surface area contributed by atoms with Gasteiger partial charge in [-0.15, -0.1) is 0 Å². The summed E-state index contributed by atoms with van der Waals surface area (Å²) < 4.78 is 6.11. The molecule has 0 bridgehead atoms. The molecule has 0 N–H and O–H groups in total. The van der Waals surface area contributed by atoms with Crippen molar-refractivity contribution in [3.63, 3.8) is 0 Å². The van der Waals surface area contributed by atoms with Crippen LogP contribution in [-0.4, -0.2) is 17.4 Å². The third-order valence-electron chi connectivity index (χ3n) is 10.1. The highest BCUT2D eigenvalue weighted by Crippen LogP contribution is 2.71. The van der Waals surface area contributed by atoms with Crippen molar-refractivity contribution in [2.24, 2.45) is 34.5 Å². The Morgan fingerprint density at radius 2 is 1.82 bits per heavy atom. The first-order valence-corrected chi connectivity index (χ1v) is 11.8. The molecule has 4 aliphatic carbocycles. The average molecular weight is 385 g/mol. The molecule has 2 unspecified atom stereocenters. The lowest BCUT2D eigenvalue weighted by Crippen LogP contribution is -2.57. The maximum absolute atomic E-state index is 12.2. The zero-order valence-electron chi connectivity index (χ0n) is 17.9. The maximum atomic E-state index is 12.2. The Balaban J connectivity index is 1.54. The SMILES string of the molecule is CCCC1CC2=CC(=O)CC[C@]2(C)C2CC[C@@]3(C)[C@@H](CC[C@@]34CCC(=O)O4)[C@H]12. The number of carbonyl (C=O) groups excluding carboxylic acids is 2. The van der Waals surface area contributed by atoms with Gasteiger partial charge in [-0.1, -0.05) is 39.2 Å². The van der Waals surface area contributed by atoms with Crippen molar-refractivity contribution < 1.29 is 14.3 Å². The van der Waals surface area contributed by atoms with Crippen molar-refractivity contribution in [3.8, 4) is 0 Å². The quantitative estimate of drug-likeness (QED) is 0.580. The summed E-state index contributed by atoms with van der Waals surface area (Å²) in [6, 6.07) is 0. The number of ether oxygens (including phenoxy) is 1. The van der Waals surface area contributed by atoms with Gasteiger partial charge in [-0.25, -0.2) is 0 Å². The van der Waals surface area contributed by atoms with Gasteiger partial charge in [0.15, 0.2) is 5.78 Å². The van der Waals surface area contributed by atoms with Crippen LogP contribution in [0.5, 0.6) is 0 Å². The number of hydrogen-bond donors (Lipinski definition) is 0. The van der Waals surface area contributed by atoms with E-state index in [0.717, 1.165) is 38.0 Å². The van der Waals surface area contributed by atoms with Gasteiger partial charge in [-0.2, -0.15) is 0 Å². The molecule has 1 heterocycles. The number of esters is 1. The highest BCUT2D eigenvalue weighted by Gasteiger charge is 2.68. The maximum Gasteiger partial charge on any atom is 0.306 e. The van der Waals surface area contributed by atoms with E-state index in [4.69, 9.17) is 4.74 Å². The van der Waals surface area contributed by atoms with E-state index >= 15 is 0 Å². The fraction of sp³-hybridized carbons (Fsp3) is 0.840. The standard InChI is InChI=1S/C25H36O3/c1-4-5-16-14-17-15-18(26)6-10-23(17,2)19-7-11-24(3)20(22(16)19)8-12-25(24)13-9-21(27)28-25/h15-16,19-20,22H,4-14H2,1-3H3/t16?,19?,20-,22+,23-,24-,25+/m0/s1. The van der Waals surface area contributed by atoms with Gasteiger partial charge in [0.05, 0.1) is 0 Å². The van der Waals surface area contributed by atoms with Crippen LogP contribution >= 0.6 is 0 Å². The molecule has 4 fully saturated rings. The normalized spacial score (nSPS) is 50.0. The first kappa shape index (κ1) is 18.9. The van der Waals surface area contributed by atoms with Gasteiger partial charge in [0, 0.05) is 18.3 Å². The lowest BCUT2D eigenvalue weighted by Gasteiger charge is -2.61. The lowest BCUT2D eigenvalue weighted by molar-refractivity contribution is -0.171. The van der Waals surface area contributed by atoms with Crippen molar-refractivity contribution in [2.45, 2.75) is 97.0 Å². The number of rotatable bonds is 2. The predicted molar refractivity (Wildman–Crippen MR) is 109 cm³/mol. The van der Waals surface area contributed by atoms with E-state index in [1.165, 1.54) is 37.7 Å². The Morgan fingerprint density at radius 1 is 1.04 bits per heavy atom. The molecule has 5 rings (SSSR count). The molecule has 3 heteroatoms. The molecule has 0 aromatic carbocycles. The molecular formula is C25H36O3. The zero-order valence-corrected chi connectivity index (χ0v) is 17.9. The minimum Gasteiger partial charge on any atom is -0.458 e. The average Bonchev–Trinajstić information content (AvgIpc) is 3.18. The second-order valence-electron chi connectivity index (χ2n) is 11.1. The van der Waals surface area contributed by atoms with Crippen LogP contribution in [0.3, 0.4) is 0 Å². The molecule has 1 spiro atoms. The van der Waals surface area contributed by atoms with Crippen LogP contribution in [0.15, 0.2) is 11.6 Å². The van der Waals surface area contributed by atoms with Gasteiger partial charge in [0.25, 0.3) is 0 Å². The molecule has 0 amide bonds. The van der Waals surface area contributed by atoms with Crippen LogP contribution in [0.4, 0.5) is 0 Å². The van der Waals surface area contributed by atoms with E-state index in [9.17, 15) is 9.59 Å². The first-order chi connectivity index (χ1) is 13.3. The van der Waals surface area contributed by atoms with Gasteiger partial charge in [0.2, 0.25) is 0 Å². The summed E-state index contributed by atoms with van der Waals surface area (Å²) in [6.07, 6.45) is 13.7. The van der Waals surface area contributed by atoms with Gasteiger partial charge < -0.3 is 4.74 Å². The van der Waals surface area contributed by atoms with Crippen LogP contribution < -0.4 is 0 Å². The monoisotopic (exact) mass is 384 g/mol. The highest BCUT2D eigenvalue weighted by atomic mass is 16.6. The van der Waals surface area contributed by atoms with E-state index in [2.05, 4.69) is 20.8 Å². The number of carbonyl (C=O) groups is 2. The molecule has 0 radical (unpaired) electrons. The van der Waals surface area contributed by atoms with E-state index < -0.39 is 0 Å². The van der Waals surface area contributed by atoms with Gasteiger partial charge >= 0.3 is 5.97 Å². The Morgan fingerprint density at radius 3 is 2.54 bits per heavy atom. The van der Waals surface area contributed by atoms with Crippen molar-refractivity contribution in [2.75, 3.05) is 0 Å². The summed E-state index contributed by atoms with van der Waals surface area (Å²) in [5.74, 6) is 3.16. The predicted octanol–water partition coefficient (Wildman–Crippen LogP) is 5.62. The molecule has 0 aromatic heterocycles. The zero-order chi connectivity index (χ0) is 19.7. The summed E-state index contributed by atoms with van der Waals surface area (Å²) in [4.78, 5) is 24.3. The van der Waals surface area contributed by atoms with Crippen LogP contribution in [0, 0.1) is 34.5 Å². The van der Waals surface area contributed by atoms with Crippen molar-refractivity contribution >= 4 is 11.8 Å². The molecule has 3 saturated carbocycles. The third-order valence-corrected chi connectivity index (χ3v) is 10.1. The van der Waals surface area contributed by atoms with Gasteiger partial charge in [0.1, 0.15) is 5.60 Å². The summed E-state index contributed by atoms with van der Waals surface area (Å²) in [5.41, 5.74) is 1.64. The third kappa shape index (κ3) is 2.34. The summed E-state index contributed by atoms with van der Waals surface area (Å²) in [5, 5.41) is 0. The smallest absolute Gasteiger partial charge is 0.306 e. The first-order valence-electron chi connectivity index (χ1n) is 11.8. The van der Waals surface area contributed by atoms with E-state index in [0.29, 0.717) is 30.0 Å². The number of fused-ring (bicyclic) bond motifs is 6. The molecule has 3 nitrogen and oxygen atoms in total. The summed E-state index contributed by atoms with van der Waals surface area (Å²) >= 11 is 0. The minimum absolute atomic E-state index is 0.0284. The fourth-order valence-corrected chi connectivity index (χ4v) is 8.67. The lowest BCUT2D eigenvalue weighted by atomic mass is 9.43. The summed E-state index contributed by atoms with van der Waals surface area (Å²) in [6.45, 7) is 7.23. The molecule has 0 aromatic rings. The van der Waals surface area contributed by atoms with Crippen LogP contribution in [0.25, 0.3) is 0 Å². The van der Waals surface area contributed by atoms with Gasteiger partial charge in [-0.3, -0.25) is 9.59 Å². The number of hydrogen-bond acceptors (Lipinski definition) is 3. The fourth-order valence-electron chi connectivity index (χ4n) is 8.67. The Labute approximate surface area is 169 Å². The minimum atomic E-state index is -0.184. The molecular weight excluding hydrogens is 348 g/mol. The van der Waals surface area contributed by atoms with Crippen LogP contribution in [-0.2, 0) is 14.3 Å². The Kier molecular flexibility index (Phi) is 4.17.